The van der Waals surface area contributed by atoms with Crippen LogP contribution in [0.15, 0.2) is 47.4 Å². The van der Waals surface area contributed by atoms with Crippen LogP contribution in [0.1, 0.15) is 22.8 Å². The maximum absolute atomic E-state index is 12.3. The molecule has 0 radical (unpaired) electrons. The number of esters is 1. The van der Waals surface area contributed by atoms with Gasteiger partial charge in [0, 0.05) is 11.4 Å². The Kier molecular flexibility index (Phi) is 8.26. The van der Waals surface area contributed by atoms with E-state index in [0.29, 0.717) is 28.2 Å². The molecule has 0 saturated heterocycles. The Morgan fingerprint density at radius 3 is 2.28 bits per heavy atom. The van der Waals surface area contributed by atoms with Gasteiger partial charge in [0.05, 0.1) is 19.8 Å². The number of hydrogen-bond donors (Lipinski definition) is 1. The lowest BCUT2D eigenvalue weighted by atomic mass is 10.2. The summed E-state index contributed by atoms with van der Waals surface area (Å²) < 4.78 is 40.2. The minimum atomic E-state index is -2.54. The van der Waals surface area contributed by atoms with E-state index in [1.807, 2.05) is 0 Å². The van der Waals surface area contributed by atoms with Crippen molar-refractivity contribution in [3.63, 3.8) is 0 Å². The van der Waals surface area contributed by atoms with E-state index in [0.717, 1.165) is 5.56 Å². The second-order valence-corrected chi connectivity index (χ2v) is 6.92. The van der Waals surface area contributed by atoms with E-state index in [-0.39, 0.29) is 12.1 Å². The average molecular weight is 425 g/mol. The topological polar surface area (TPSA) is 73.9 Å². The van der Waals surface area contributed by atoms with Gasteiger partial charge in [0.2, 0.25) is 0 Å². The molecule has 0 heterocycles. The summed E-state index contributed by atoms with van der Waals surface area (Å²) >= 11 is 0.381. The van der Waals surface area contributed by atoms with Crippen LogP contribution < -0.4 is 14.8 Å². The fourth-order valence-electron chi connectivity index (χ4n) is 2.38. The Hall–Kier alpha value is -2.81. The first-order valence-corrected chi connectivity index (χ1v) is 9.46. The number of carbonyl (C=O) groups excluding carboxylic acids is 2. The SMILES string of the molecule is COc1ccc(CNC(=O)C(C)OC(=O)c2ccc(SC(F)F)cc2)cc1OC. The number of rotatable bonds is 9. The number of thioether (sulfide) groups is 1. The first-order valence-electron chi connectivity index (χ1n) is 8.58. The maximum atomic E-state index is 12.3. The third kappa shape index (κ3) is 6.63. The zero-order valence-electron chi connectivity index (χ0n) is 16.1. The molecule has 156 valence electrons. The molecule has 1 atom stereocenters. The number of amides is 1. The van der Waals surface area contributed by atoms with Gasteiger partial charge in [0.25, 0.3) is 11.7 Å². The second-order valence-electron chi connectivity index (χ2n) is 5.86. The van der Waals surface area contributed by atoms with Gasteiger partial charge in [-0.15, -0.1) is 0 Å². The largest absolute Gasteiger partial charge is 0.493 e. The molecule has 9 heteroatoms. The molecule has 0 aromatic heterocycles. The Balaban J connectivity index is 1.89. The molecule has 2 aromatic carbocycles. The van der Waals surface area contributed by atoms with Gasteiger partial charge in [-0.05, 0) is 48.9 Å². The van der Waals surface area contributed by atoms with Crippen LogP contribution in [0.25, 0.3) is 0 Å². The fraction of sp³-hybridized carbons (Fsp3) is 0.300. The standard InChI is InChI=1S/C20H21F2NO5S/c1-12(28-19(25)14-5-7-15(8-6-14)29-20(21)22)18(24)23-11-13-4-9-16(26-2)17(10-13)27-3/h4-10,12,20H,11H2,1-3H3,(H,23,24). The Morgan fingerprint density at radius 1 is 1.03 bits per heavy atom. The van der Waals surface area contributed by atoms with Crippen molar-refractivity contribution in [2.75, 3.05) is 14.2 Å². The fourth-order valence-corrected chi connectivity index (χ4v) is 2.88. The van der Waals surface area contributed by atoms with Gasteiger partial charge in [0.1, 0.15) is 0 Å². The normalized spacial score (nSPS) is 11.7. The van der Waals surface area contributed by atoms with Gasteiger partial charge in [-0.2, -0.15) is 8.78 Å². The molecule has 1 unspecified atom stereocenters. The van der Waals surface area contributed by atoms with Gasteiger partial charge in [-0.3, -0.25) is 4.79 Å². The van der Waals surface area contributed by atoms with Crippen LogP contribution in [0.2, 0.25) is 0 Å². The molecule has 0 aliphatic carbocycles. The van der Waals surface area contributed by atoms with E-state index in [2.05, 4.69) is 5.32 Å². The lowest BCUT2D eigenvalue weighted by Gasteiger charge is -2.14. The van der Waals surface area contributed by atoms with Gasteiger partial charge >= 0.3 is 5.97 Å². The van der Waals surface area contributed by atoms with Crippen LogP contribution in [-0.2, 0) is 16.1 Å². The number of benzene rings is 2. The summed E-state index contributed by atoms with van der Waals surface area (Å²) in [6.45, 7) is 1.66. The van der Waals surface area contributed by atoms with Gasteiger partial charge < -0.3 is 19.5 Å². The number of ether oxygens (including phenoxy) is 3. The molecule has 29 heavy (non-hydrogen) atoms. The molecule has 0 fully saturated rings. The lowest BCUT2D eigenvalue weighted by Crippen LogP contribution is -2.35. The van der Waals surface area contributed by atoms with E-state index in [1.54, 1.807) is 18.2 Å². The smallest absolute Gasteiger partial charge is 0.338 e. The molecule has 0 aliphatic heterocycles. The predicted molar refractivity (Wildman–Crippen MR) is 105 cm³/mol. The summed E-state index contributed by atoms with van der Waals surface area (Å²) in [5.41, 5.74) is 0.949. The Morgan fingerprint density at radius 2 is 1.69 bits per heavy atom. The van der Waals surface area contributed by atoms with Crippen molar-refractivity contribution in [3.05, 3.63) is 53.6 Å². The molecule has 2 aromatic rings. The zero-order valence-corrected chi connectivity index (χ0v) is 16.9. The first-order chi connectivity index (χ1) is 13.8. The molecule has 0 saturated carbocycles. The van der Waals surface area contributed by atoms with Crippen molar-refractivity contribution in [1.29, 1.82) is 0 Å². The van der Waals surface area contributed by atoms with Crippen molar-refractivity contribution in [2.24, 2.45) is 0 Å². The van der Waals surface area contributed by atoms with Crippen molar-refractivity contribution in [3.8, 4) is 11.5 Å². The van der Waals surface area contributed by atoms with Crippen molar-refractivity contribution < 1.29 is 32.6 Å². The molecule has 0 aliphatic rings. The van der Waals surface area contributed by atoms with Crippen LogP contribution in [0.4, 0.5) is 8.78 Å². The molecular weight excluding hydrogens is 404 g/mol. The summed E-state index contributed by atoms with van der Waals surface area (Å²) in [4.78, 5) is 24.7. The summed E-state index contributed by atoms with van der Waals surface area (Å²) in [5, 5.41) is 2.68. The van der Waals surface area contributed by atoms with Gasteiger partial charge in [0.15, 0.2) is 17.6 Å². The lowest BCUT2D eigenvalue weighted by molar-refractivity contribution is -0.129. The summed E-state index contributed by atoms with van der Waals surface area (Å²) in [6, 6.07) is 10.8. The minimum Gasteiger partial charge on any atom is -0.493 e. The van der Waals surface area contributed by atoms with E-state index in [4.69, 9.17) is 14.2 Å². The number of halogens is 2. The molecule has 6 nitrogen and oxygen atoms in total. The third-order valence-electron chi connectivity index (χ3n) is 3.88. The van der Waals surface area contributed by atoms with Gasteiger partial charge in [-0.25, -0.2) is 4.79 Å². The van der Waals surface area contributed by atoms with Crippen LogP contribution in [0.5, 0.6) is 11.5 Å². The highest BCUT2D eigenvalue weighted by Crippen LogP contribution is 2.27. The highest BCUT2D eigenvalue weighted by atomic mass is 32.2. The van der Waals surface area contributed by atoms with Crippen molar-refractivity contribution >= 4 is 23.6 Å². The van der Waals surface area contributed by atoms with E-state index in [1.165, 1.54) is 45.4 Å². The molecule has 1 N–H and O–H groups in total. The monoisotopic (exact) mass is 425 g/mol. The molecule has 0 bridgehead atoms. The molecule has 1 amide bonds. The Labute approximate surface area is 171 Å². The number of nitrogens with one attached hydrogen (secondary N) is 1. The van der Waals surface area contributed by atoms with Crippen LogP contribution in [0.3, 0.4) is 0 Å². The highest BCUT2D eigenvalue weighted by molar-refractivity contribution is 7.99. The molecule has 2 rings (SSSR count). The quantitative estimate of drug-likeness (QED) is 0.486. The summed E-state index contributed by atoms with van der Waals surface area (Å²) in [5.74, 6) is -2.62. The summed E-state index contributed by atoms with van der Waals surface area (Å²) in [6.07, 6.45) is -1.03. The highest BCUT2D eigenvalue weighted by Gasteiger charge is 2.19. The predicted octanol–water partition coefficient (Wildman–Crippen LogP) is 3.88. The third-order valence-corrected chi connectivity index (χ3v) is 4.61. The summed E-state index contributed by atoms with van der Waals surface area (Å²) in [7, 11) is 3.04. The molecule has 0 spiro atoms. The maximum Gasteiger partial charge on any atom is 0.338 e. The Bertz CT molecular complexity index is 845. The number of methoxy groups -OCH3 is 2. The minimum absolute atomic E-state index is 0.170. The van der Waals surface area contributed by atoms with E-state index < -0.39 is 23.7 Å². The van der Waals surface area contributed by atoms with Crippen LogP contribution >= 0.6 is 11.8 Å². The number of alkyl halides is 2. The van der Waals surface area contributed by atoms with Crippen molar-refractivity contribution in [2.45, 2.75) is 30.2 Å². The first kappa shape index (κ1) is 22.5. The van der Waals surface area contributed by atoms with Crippen LogP contribution in [-0.4, -0.2) is 38.0 Å². The van der Waals surface area contributed by atoms with Crippen molar-refractivity contribution in [1.82, 2.24) is 5.32 Å². The zero-order chi connectivity index (χ0) is 21.4. The van der Waals surface area contributed by atoms with Crippen LogP contribution in [0, 0.1) is 0 Å². The second kappa shape index (κ2) is 10.7. The average Bonchev–Trinajstić information content (AvgIpc) is 2.71. The van der Waals surface area contributed by atoms with E-state index in [9.17, 15) is 18.4 Å². The number of hydrogen-bond acceptors (Lipinski definition) is 6. The number of carbonyl (C=O) groups is 2. The van der Waals surface area contributed by atoms with Gasteiger partial charge in [-0.1, -0.05) is 17.8 Å². The van der Waals surface area contributed by atoms with E-state index >= 15 is 0 Å². The molecular formula is C20H21F2NO5S.